The Bertz CT molecular complexity index is 1180. The van der Waals surface area contributed by atoms with Gasteiger partial charge in [-0.25, -0.2) is 23.4 Å². The molecule has 1 aromatic carbocycles. The largest absolute Gasteiger partial charge is 0.480 e. The van der Waals surface area contributed by atoms with E-state index in [2.05, 4.69) is 24.6 Å². The number of aryl methyl sites for hydroxylation is 1. The Kier molecular flexibility index (Phi) is 6.52. The number of anilines is 2. The molecule has 4 rings (SSSR count). The third-order valence-electron chi connectivity index (χ3n) is 5.18. The van der Waals surface area contributed by atoms with Crippen LogP contribution in [0.5, 0.6) is 5.88 Å². The molecule has 0 unspecified atom stereocenters. The fourth-order valence-corrected chi connectivity index (χ4v) is 4.69. The molecule has 0 bridgehead atoms. The van der Waals surface area contributed by atoms with Crippen LogP contribution in [0.25, 0.3) is 11.1 Å². The van der Waals surface area contributed by atoms with Gasteiger partial charge in [0.05, 0.1) is 30.9 Å². The van der Waals surface area contributed by atoms with Crippen LogP contribution >= 0.6 is 0 Å². The maximum Gasteiger partial charge on any atom is 0.262 e. The minimum atomic E-state index is -3.82. The zero-order valence-corrected chi connectivity index (χ0v) is 18.8. The van der Waals surface area contributed by atoms with Crippen LogP contribution in [0.1, 0.15) is 12.6 Å². The summed E-state index contributed by atoms with van der Waals surface area (Å²) in [6.45, 7) is 4.68. The van der Waals surface area contributed by atoms with Gasteiger partial charge in [-0.3, -0.25) is 4.72 Å². The van der Waals surface area contributed by atoms with E-state index in [4.69, 9.17) is 9.47 Å². The van der Waals surface area contributed by atoms with E-state index >= 15 is 0 Å². The molecule has 2 aromatic heterocycles. The summed E-state index contributed by atoms with van der Waals surface area (Å²) in [6, 6.07) is 9.88. The van der Waals surface area contributed by atoms with Gasteiger partial charge in [0.25, 0.3) is 10.0 Å². The Morgan fingerprint density at radius 1 is 1.12 bits per heavy atom. The van der Waals surface area contributed by atoms with Gasteiger partial charge in [0, 0.05) is 30.4 Å². The van der Waals surface area contributed by atoms with E-state index in [-0.39, 0.29) is 16.5 Å². The van der Waals surface area contributed by atoms with E-state index in [1.54, 1.807) is 36.8 Å². The van der Waals surface area contributed by atoms with Crippen LogP contribution in [0, 0.1) is 0 Å². The smallest absolute Gasteiger partial charge is 0.262 e. The number of nitrogens with one attached hydrogen (secondary N) is 1. The molecule has 0 amide bonds. The van der Waals surface area contributed by atoms with Crippen molar-refractivity contribution in [2.75, 3.05) is 43.0 Å². The van der Waals surface area contributed by atoms with Gasteiger partial charge >= 0.3 is 0 Å². The average Bonchev–Trinajstić information content (AvgIpc) is 2.84. The van der Waals surface area contributed by atoms with E-state index in [0.29, 0.717) is 38.3 Å². The summed E-state index contributed by atoms with van der Waals surface area (Å²) in [6.07, 6.45) is 3.90. The monoisotopic (exact) mass is 455 g/mol. The SMILES string of the molecule is CCc1ncnc(N2CCOCC2)c1-c1cnc(OC)c(NS(=O)(=O)c2ccccc2)c1. The number of hydrogen-bond acceptors (Lipinski definition) is 8. The predicted molar refractivity (Wildman–Crippen MR) is 121 cm³/mol. The summed E-state index contributed by atoms with van der Waals surface area (Å²) in [4.78, 5) is 15.7. The summed E-state index contributed by atoms with van der Waals surface area (Å²) in [5, 5.41) is 0. The second-order valence-electron chi connectivity index (χ2n) is 7.17. The number of nitrogens with zero attached hydrogens (tertiary/aromatic N) is 4. The van der Waals surface area contributed by atoms with Crippen molar-refractivity contribution in [3.63, 3.8) is 0 Å². The Hall–Kier alpha value is -3.24. The van der Waals surface area contributed by atoms with Gasteiger partial charge in [-0.05, 0) is 24.6 Å². The van der Waals surface area contributed by atoms with Crippen LogP contribution in [0.4, 0.5) is 11.5 Å². The molecule has 1 fully saturated rings. The van der Waals surface area contributed by atoms with Crippen LogP contribution in [-0.2, 0) is 21.2 Å². The van der Waals surface area contributed by atoms with Crippen LogP contribution in [0.15, 0.2) is 53.8 Å². The molecule has 0 radical (unpaired) electrons. The van der Waals surface area contributed by atoms with Crippen molar-refractivity contribution in [3.05, 3.63) is 54.6 Å². The van der Waals surface area contributed by atoms with Crippen molar-refractivity contribution in [3.8, 4) is 17.0 Å². The number of hydrogen-bond donors (Lipinski definition) is 1. The molecule has 1 aliphatic heterocycles. The first-order valence-corrected chi connectivity index (χ1v) is 11.8. The van der Waals surface area contributed by atoms with Crippen LogP contribution in [-0.4, -0.2) is 56.8 Å². The Morgan fingerprint density at radius 2 is 1.88 bits per heavy atom. The number of ether oxygens (including phenoxy) is 2. The number of rotatable bonds is 7. The zero-order valence-electron chi connectivity index (χ0n) is 18.0. The first-order valence-electron chi connectivity index (χ1n) is 10.3. The van der Waals surface area contributed by atoms with Crippen molar-refractivity contribution >= 4 is 21.5 Å². The number of benzene rings is 1. The van der Waals surface area contributed by atoms with Gasteiger partial charge in [-0.2, -0.15) is 0 Å². The molecule has 32 heavy (non-hydrogen) atoms. The lowest BCUT2D eigenvalue weighted by Gasteiger charge is -2.30. The highest BCUT2D eigenvalue weighted by molar-refractivity contribution is 7.92. The first kappa shape index (κ1) is 22.0. The molecule has 168 valence electrons. The minimum Gasteiger partial charge on any atom is -0.480 e. The number of sulfonamides is 1. The third-order valence-corrected chi connectivity index (χ3v) is 6.56. The van der Waals surface area contributed by atoms with Crippen molar-refractivity contribution < 1.29 is 17.9 Å². The lowest BCUT2D eigenvalue weighted by molar-refractivity contribution is 0.122. The van der Waals surface area contributed by atoms with Crippen molar-refractivity contribution in [2.24, 2.45) is 0 Å². The van der Waals surface area contributed by atoms with Crippen LogP contribution in [0.2, 0.25) is 0 Å². The molecule has 1 aliphatic rings. The standard InChI is InChI=1S/C22H25N5O4S/c1-3-18-20(21(25-15-24-18)27-9-11-31-12-10-27)16-13-19(22(30-2)23-14-16)26-32(28,29)17-7-5-4-6-8-17/h4-8,13-15,26H,3,9-12H2,1-2H3. The van der Waals surface area contributed by atoms with Gasteiger partial charge in [0.2, 0.25) is 5.88 Å². The van der Waals surface area contributed by atoms with E-state index in [1.807, 2.05) is 6.92 Å². The fraction of sp³-hybridized carbons (Fsp3) is 0.318. The molecule has 0 atom stereocenters. The predicted octanol–water partition coefficient (Wildman–Crippen LogP) is 2.75. The highest BCUT2D eigenvalue weighted by atomic mass is 32.2. The lowest BCUT2D eigenvalue weighted by atomic mass is 10.0. The number of aromatic nitrogens is 3. The topological polar surface area (TPSA) is 107 Å². The molecule has 9 nitrogen and oxygen atoms in total. The second-order valence-corrected chi connectivity index (χ2v) is 8.85. The molecular formula is C22H25N5O4S. The molecule has 1 saturated heterocycles. The van der Waals surface area contributed by atoms with E-state index < -0.39 is 10.0 Å². The molecule has 0 saturated carbocycles. The Labute approximate surface area is 187 Å². The van der Waals surface area contributed by atoms with E-state index in [0.717, 1.165) is 17.1 Å². The Morgan fingerprint density at radius 3 is 2.56 bits per heavy atom. The normalized spacial score (nSPS) is 14.2. The number of methoxy groups -OCH3 is 1. The van der Waals surface area contributed by atoms with Gasteiger partial charge in [-0.1, -0.05) is 25.1 Å². The van der Waals surface area contributed by atoms with E-state index in [9.17, 15) is 8.42 Å². The quantitative estimate of drug-likeness (QED) is 0.580. The zero-order chi connectivity index (χ0) is 22.6. The molecule has 0 aliphatic carbocycles. The van der Waals surface area contributed by atoms with E-state index in [1.165, 1.54) is 19.2 Å². The minimum absolute atomic E-state index is 0.152. The lowest BCUT2D eigenvalue weighted by Crippen LogP contribution is -2.37. The molecule has 3 aromatic rings. The molecule has 0 spiro atoms. The van der Waals surface area contributed by atoms with Gasteiger partial charge in [0.15, 0.2) is 0 Å². The highest BCUT2D eigenvalue weighted by Gasteiger charge is 2.23. The first-order chi connectivity index (χ1) is 15.5. The van der Waals surface area contributed by atoms with Gasteiger partial charge < -0.3 is 14.4 Å². The van der Waals surface area contributed by atoms with Crippen molar-refractivity contribution in [1.29, 1.82) is 0 Å². The summed E-state index contributed by atoms with van der Waals surface area (Å²) in [7, 11) is -2.37. The summed E-state index contributed by atoms with van der Waals surface area (Å²) >= 11 is 0. The molecule has 1 N–H and O–H groups in total. The number of morpholine rings is 1. The Balaban J connectivity index is 1.79. The summed E-state index contributed by atoms with van der Waals surface area (Å²) in [5.41, 5.74) is 2.63. The third kappa shape index (κ3) is 4.51. The fourth-order valence-electron chi connectivity index (χ4n) is 3.62. The summed E-state index contributed by atoms with van der Waals surface area (Å²) in [5.74, 6) is 0.958. The highest BCUT2D eigenvalue weighted by Crippen LogP contribution is 2.36. The van der Waals surface area contributed by atoms with Gasteiger partial charge in [-0.15, -0.1) is 0 Å². The maximum atomic E-state index is 12.9. The second kappa shape index (κ2) is 9.49. The van der Waals surface area contributed by atoms with Crippen LogP contribution < -0.4 is 14.4 Å². The number of pyridine rings is 1. The summed E-state index contributed by atoms with van der Waals surface area (Å²) < 4.78 is 39.2. The molecule has 10 heteroatoms. The maximum absolute atomic E-state index is 12.9. The molecule has 3 heterocycles. The molecular weight excluding hydrogens is 430 g/mol. The van der Waals surface area contributed by atoms with Crippen molar-refractivity contribution in [2.45, 2.75) is 18.2 Å². The average molecular weight is 456 g/mol. The van der Waals surface area contributed by atoms with Crippen molar-refractivity contribution in [1.82, 2.24) is 15.0 Å². The van der Waals surface area contributed by atoms with Gasteiger partial charge in [0.1, 0.15) is 17.8 Å². The van der Waals surface area contributed by atoms with Crippen LogP contribution in [0.3, 0.4) is 0 Å².